The van der Waals surface area contributed by atoms with Crippen LogP contribution in [-0.2, 0) is 0 Å². The maximum atomic E-state index is 5.18. The summed E-state index contributed by atoms with van der Waals surface area (Å²) in [6.45, 7) is 4.59. The zero-order valence-corrected chi connectivity index (χ0v) is 11.1. The summed E-state index contributed by atoms with van der Waals surface area (Å²) in [4.78, 5) is 0. The largest absolute Gasteiger partial charge is 0.497 e. The fourth-order valence-electron chi connectivity index (χ4n) is 2.70. The molecule has 0 radical (unpaired) electrons. The van der Waals surface area contributed by atoms with Gasteiger partial charge in [0.15, 0.2) is 0 Å². The van der Waals surface area contributed by atoms with Gasteiger partial charge in [-0.2, -0.15) is 0 Å². The van der Waals surface area contributed by atoms with Gasteiger partial charge < -0.3 is 10.1 Å². The van der Waals surface area contributed by atoms with Crippen molar-refractivity contribution in [3.63, 3.8) is 0 Å². The lowest BCUT2D eigenvalue weighted by molar-refractivity contribution is 0.413. The number of rotatable bonds is 4. The monoisotopic (exact) mass is 233 g/mol. The maximum absolute atomic E-state index is 5.18. The molecule has 3 unspecified atom stereocenters. The Hall–Kier alpha value is -1.02. The van der Waals surface area contributed by atoms with Crippen molar-refractivity contribution in [3.8, 4) is 5.75 Å². The second kappa shape index (κ2) is 5.54. The number of methoxy groups -OCH3 is 1. The summed E-state index contributed by atoms with van der Waals surface area (Å²) in [5.74, 6) is 1.81. The summed E-state index contributed by atoms with van der Waals surface area (Å²) in [6.07, 6.45) is 4.01. The predicted octanol–water partition coefficient (Wildman–Crippen LogP) is 3.53. The van der Waals surface area contributed by atoms with E-state index in [-0.39, 0.29) is 0 Å². The number of hydrogen-bond donors (Lipinski definition) is 1. The predicted molar refractivity (Wildman–Crippen MR) is 71.3 cm³/mol. The van der Waals surface area contributed by atoms with Crippen molar-refractivity contribution >= 4 is 0 Å². The van der Waals surface area contributed by atoms with E-state index >= 15 is 0 Å². The van der Waals surface area contributed by atoms with E-state index in [1.54, 1.807) is 7.11 Å². The van der Waals surface area contributed by atoms with E-state index in [2.05, 4.69) is 31.3 Å². The molecule has 17 heavy (non-hydrogen) atoms. The molecule has 0 spiro atoms. The van der Waals surface area contributed by atoms with Crippen molar-refractivity contribution < 1.29 is 4.74 Å². The summed E-state index contributed by atoms with van der Waals surface area (Å²) in [7, 11) is 1.70. The van der Waals surface area contributed by atoms with E-state index in [9.17, 15) is 0 Å². The Bertz CT molecular complexity index is 346. The second-order valence-electron chi connectivity index (χ2n) is 5.28. The molecule has 0 bridgehead atoms. The van der Waals surface area contributed by atoms with Crippen molar-refractivity contribution in [3.05, 3.63) is 29.8 Å². The van der Waals surface area contributed by atoms with Gasteiger partial charge in [-0.3, -0.25) is 0 Å². The molecule has 1 fully saturated rings. The Morgan fingerprint density at radius 2 is 1.94 bits per heavy atom. The Labute approximate surface area is 104 Å². The Morgan fingerprint density at radius 1 is 1.24 bits per heavy atom. The molecule has 2 nitrogen and oxygen atoms in total. The molecule has 1 saturated carbocycles. The second-order valence-corrected chi connectivity index (χ2v) is 5.28. The minimum atomic E-state index is 0.427. The molecule has 0 saturated heterocycles. The van der Waals surface area contributed by atoms with Gasteiger partial charge in [0.25, 0.3) is 0 Å². The van der Waals surface area contributed by atoms with Crippen LogP contribution in [0.4, 0.5) is 0 Å². The zero-order valence-electron chi connectivity index (χ0n) is 11.1. The van der Waals surface area contributed by atoms with Crippen molar-refractivity contribution in [1.82, 2.24) is 5.32 Å². The number of ether oxygens (including phenoxy) is 1. The van der Waals surface area contributed by atoms with E-state index in [1.807, 2.05) is 12.1 Å². The van der Waals surface area contributed by atoms with Crippen molar-refractivity contribution in [2.45, 2.75) is 45.2 Å². The first kappa shape index (κ1) is 12.4. The fourth-order valence-corrected chi connectivity index (χ4v) is 2.70. The molecular formula is C15H23NO. The van der Waals surface area contributed by atoms with Crippen LogP contribution in [0.15, 0.2) is 24.3 Å². The molecule has 1 aromatic rings. The van der Waals surface area contributed by atoms with E-state index < -0.39 is 0 Å². The van der Waals surface area contributed by atoms with E-state index in [1.165, 1.54) is 24.8 Å². The smallest absolute Gasteiger partial charge is 0.118 e. The fraction of sp³-hybridized carbons (Fsp3) is 0.600. The van der Waals surface area contributed by atoms with Gasteiger partial charge >= 0.3 is 0 Å². The quantitative estimate of drug-likeness (QED) is 0.859. The maximum Gasteiger partial charge on any atom is 0.118 e. The van der Waals surface area contributed by atoms with Crippen LogP contribution in [0.5, 0.6) is 5.75 Å². The zero-order chi connectivity index (χ0) is 12.3. The van der Waals surface area contributed by atoms with Crippen molar-refractivity contribution in [2.24, 2.45) is 5.92 Å². The molecule has 1 aliphatic rings. The normalized spacial score (nSPS) is 25.8. The Kier molecular flexibility index (Phi) is 4.06. The number of nitrogens with one attached hydrogen (secondary N) is 1. The Balaban J connectivity index is 1.92. The van der Waals surface area contributed by atoms with Crippen LogP contribution in [-0.4, -0.2) is 13.2 Å². The lowest BCUT2D eigenvalue weighted by Gasteiger charge is -2.20. The number of hydrogen-bond acceptors (Lipinski definition) is 2. The molecule has 0 heterocycles. The van der Waals surface area contributed by atoms with Crippen LogP contribution in [0.1, 0.15) is 44.7 Å². The summed E-state index contributed by atoms with van der Waals surface area (Å²) in [5.41, 5.74) is 1.34. The average Bonchev–Trinajstić information content (AvgIpc) is 2.75. The van der Waals surface area contributed by atoms with Crippen LogP contribution in [0, 0.1) is 5.92 Å². The van der Waals surface area contributed by atoms with Gasteiger partial charge in [0.2, 0.25) is 0 Å². The summed E-state index contributed by atoms with van der Waals surface area (Å²) >= 11 is 0. The van der Waals surface area contributed by atoms with E-state index in [4.69, 9.17) is 4.74 Å². The highest BCUT2D eigenvalue weighted by Gasteiger charge is 2.22. The van der Waals surface area contributed by atoms with Crippen molar-refractivity contribution in [2.75, 3.05) is 7.11 Å². The Morgan fingerprint density at radius 3 is 2.47 bits per heavy atom. The molecule has 0 aliphatic heterocycles. The van der Waals surface area contributed by atoms with Gasteiger partial charge in [-0.05, 0) is 49.8 Å². The highest BCUT2D eigenvalue weighted by Crippen LogP contribution is 2.27. The van der Waals surface area contributed by atoms with Gasteiger partial charge in [0.1, 0.15) is 5.75 Å². The number of benzene rings is 1. The van der Waals surface area contributed by atoms with Crippen LogP contribution in [0.3, 0.4) is 0 Å². The summed E-state index contributed by atoms with van der Waals surface area (Å²) in [5, 5.41) is 3.72. The topological polar surface area (TPSA) is 21.3 Å². The van der Waals surface area contributed by atoms with E-state index in [0.717, 1.165) is 11.7 Å². The molecule has 3 atom stereocenters. The lowest BCUT2D eigenvalue weighted by atomic mass is 10.1. The summed E-state index contributed by atoms with van der Waals surface area (Å²) < 4.78 is 5.18. The van der Waals surface area contributed by atoms with Gasteiger partial charge in [-0.25, -0.2) is 0 Å². The molecule has 1 N–H and O–H groups in total. The minimum absolute atomic E-state index is 0.427. The molecule has 94 valence electrons. The molecular weight excluding hydrogens is 210 g/mol. The molecule has 1 aliphatic carbocycles. The SMILES string of the molecule is COc1ccc(C(C)NC2CCC(C)C2)cc1. The van der Waals surface area contributed by atoms with Crippen LogP contribution >= 0.6 is 0 Å². The third-order valence-electron chi connectivity index (χ3n) is 3.80. The molecule has 2 rings (SSSR count). The lowest BCUT2D eigenvalue weighted by Crippen LogP contribution is -2.29. The van der Waals surface area contributed by atoms with Gasteiger partial charge in [-0.1, -0.05) is 19.1 Å². The standard InChI is InChI=1S/C15H23NO/c1-11-4-7-14(10-11)16-12(2)13-5-8-15(17-3)9-6-13/h5-6,8-9,11-12,14,16H,4,7,10H2,1-3H3. The first-order chi connectivity index (χ1) is 8.19. The molecule has 2 heteroatoms. The summed E-state index contributed by atoms with van der Waals surface area (Å²) in [6, 6.07) is 9.48. The van der Waals surface area contributed by atoms with Crippen molar-refractivity contribution in [1.29, 1.82) is 0 Å². The van der Waals surface area contributed by atoms with Crippen LogP contribution in [0.2, 0.25) is 0 Å². The molecule has 1 aromatic carbocycles. The first-order valence-electron chi connectivity index (χ1n) is 6.59. The van der Waals surface area contributed by atoms with Gasteiger partial charge in [0.05, 0.1) is 7.11 Å². The van der Waals surface area contributed by atoms with Gasteiger partial charge in [-0.15, -0.1) is 0 Å². The third-order valence-corrected chi connectivity index (χ3v) is 3.80. The highest BCUT2D eigenvalue weighted by atomic mass is 16.5. The van der Waals surface area contributed by atoms with E-state index in [0.29, 0.717) is 12.1 Å². The third kappa shape index (κ3) is 3.22. The molecule has 0 aromatic heterocycles. The minimum Gasteiger partial charge on any atom is -0.497 e. The highest BCUT2D eigenvalue weighted by molar-refractivity contribution is 5.28. The van der Waals surface area contributed by atoms with Crippen LogP contribution < -0.4 is 10.1 Å². The van der Waals surface area contributed by atoms with Crippen LogP contribution in [0.25, 0.3) is 0 Å². The molecule has 0 amide bonds. The van der Waals surface area contributed by atoms with Gasteiger partial charge in [0, 0.05) is 12.1 Å². The average molecular weight is 233 g/mol. The first-order valence-corrected chi connectivity index (χ1v) is 6.59.